The van der Waals surface area contributed by atoms with E-state index in [1.165, 1.54) is 19.3 Å². The molecule has 5 heteroatoms. The summed E-state index contributed by atoms with van der Waals surface area (Å²) in [7, 11) is 0. The van der Waals surface area contributed by atoms with Crippen LogP contribution in [0, 0.1) is 17.8 Å². The molecule has 2 atom stereocenters. The summed E-state index contributed by atoms with van der Waals surface area (Å²) >= 11 is 0. The van der Waals surface area contributed by atoms with Crippen molar-refractivity contribution in [2.45, 2.75) is 38.1 Å². The Bertz CT molecular complexity index is 556. The Labute approximate surface area is 144 Å². The highest BCUT2D eigenvalue weighted by Crippen LogP contribution is 2.42. The summed E-state index contributed by atoms with van der Waals surface area (Å²) in [5, 5.41) is 0. The van der Waals surface area contributed by atoms with Crippen LogP contribution in [-0.2, 0) is 4.79 Å². The van der Waals surface area contributed by atoms with Crippen LogP contribution in [0.5, 0.6) is 0 Å². The Hall–Kier alpha value is -1.62. The first-order chi connectivity index (χ1) is 11.7. The molecule has 2 bridgehead atoms. The van der Waals surface area contributed by atoms with Crippen LogP contribution < -0.4 is 10.6 Å². The third kappa shape index (κ3) is 3.02. The first-order valence-corrected chi connectivity index (χ1v) is 9.42. The molecule has 0 radical (unpaired) electrons. The lowest BCUT2D eigenvalue weighted by Crippen LogP contribution is -2.53. The van der Waals surface area contributed by atoms with Crippen LogP contribution in [0.25, 0.3) is 0 Å². The zero-order valence-corrected chi connectivity index (χ0v) is 14.3. The Morgan fingerprint density at radius 2 is 1.79 bits per heavy atom. The molecule has 2 aliphatic carbocycles. The van der Waals surface area contributed by atoms with Gasteiger partial charge in [0.1, 0.15) is 5.82 Å². The second-order valence-corrected chi connectivity index (χ2v) is 7.70. The van der Waals surface area contributed by atoms with E-state index in [-0.39, 0.29) is 5.92 Å². The minimum atomic E-state index is 0.210. The summed E-state index contributed by atoms with van der Waals surface area (Å²) in [6.07, 6.45) is 7.58. The second-order valence-electron chi connectivity index (χ2n) is 7.70. The van der Waals surface area contributed by atoms with Gasteiger partial charge in [-0.25, -0.2) is 4.98 Å². The molecular weight excluding hydrogens is 300 g/mol. The zero-order valence-electron chi connectivity index (χ0n) is 14.3. The van der Waals surface area contributed by atoms with Crippen molar-refractivity contribution in [3.63, 3.8) is 0 Å². The van der Waals surface area contributed by atoms with Gasteiger partial charge in [-0.15, -0.1) is 0 Å². The standard InChI is InChI=1S/C19H28N4O/c20-18-14-4-3-5-15(18)13-16(12-14)19(24)23-10-8-22(9-11-23)17-6-1-2-7-21-17/h1-2,6-7,14-16,18H,3-5,8-13,20H2. The third-order valence-electron chi connectivity index (χ3n) is 6.33. The molecule has 130 valence electrons. The van der Waals surface area contributed by atoms with Crippen molar-refractivity contribution in [1.82, 2.24) is 9.88 Å². The van der Waals surface area contributed by atoms with Crippen LogP contribution in [0.2, 0.25) is 0 Å². The fourth-order valence-electron chi connectivity index (χ4n) is 4.95. The molecule has 1 aliphatic heterocycles. The maximum Gasteiger partial charge on any atom is 0.225 e. The normalized spacial score (nSPS) is 33.4. The number of carbonyl (C=O) groups excluding carboxylic acids is 1. The van der Waals surface area contributed by atoms with Gasteiger partial charge in [-0.1, -0.05) is 12.5 Å². The molecule has 1 saturated heterocycles. The quantitative estimate of drug-likeness (QED) is 0.900. The molecule has 1 aromatic heterocycles. The van der Waals surface area contributed by atoms with E-state index in [1.54, 1.807) is 0 Å². The predicted octanol–water partition coefficient (Wildman–Crippen LogP) is 1.88. The number of pyridine rings is 1. The first-order valence-electron chi connectivity index (χ1n) is 9.42. The zero-order chi connectivity index (χ0) is 16.5. The lowest BCUT2D eigenvalue weighted by molar-refractivity contribution is -0.138. The number of carbonyl (C=O) groups is 1. The molecule has 2 heterocycles. The number of piperazine rings is 1. The number of fused-ring (bicyclic) bond motifs is 2. The van der Waals surface area contributed by atoms with Gasteiger partial charge in [-0.3, -0.25) is 4.79 Å². The van der Waals surface area contributed by atoms with Gasteiger partial charge in [0.2, 0.25) is 5.91 Å². The van der Waals surface area contributed by atoms with E-state index in [4.69, 9.17) is 5.73 Å². The maximum absolute atomic E-state index is 13.0. The monoisotopic (exact) mass is 328 g/mol. The van der Waals surface area contributed by atoms with Gasteiger partial charge in [-0.2, -0.15) is 0 Å². The first kappa shape index (κ1) is 15.9. The summed E-state index contributed by atoms with van der Waals surface area (Å²) in [5.41, 5.74) is 6.37. The lowest BCUT2D eigenvalue weighted by atomic mass is 9.65. The summed E-state index contributed by atoms with van der Waals surface area (Å²) in [5.74, 6) is 2.74. The maximum atomic E-state index is 13.0. The number of nitrogens with two attached hydrogens (primary N) is 1. The van der Waals surface area contributed by atoms with Crippen LogP contribution in [0.15, 0.2) is 24.4 Å². The molecule has 2 N–H and O–H groups in total. The molecule has 2 saturated carbocycles. The van der Waals surface area contributed by atoms with E-state index >= 15 is 0 Å². The van der Waals surface area contributed by atoms with Crippen molar-refractivity contribution < 1.29 is 4.79 Å². The minimum absolute atomic E-state index is 0.210. The molecule has 5 nitrogen and oxygen atoms in total. The van der Waals surface area contributed by atoms with Crippen molar-refractivity contribution in [3.05, 3.63) is 24.4 Å². The van der Waals surface area contributed by atoms with Crippen LogP contribution in [0.1, 0.15) is 32.1 Å². The largest absolute Gasteiger partial charge is 0.353 e. The molecular formula is C19H28N4O. The van der Waals surface area contributed by atoms with E-state index in [9.17, 15) is 4.79 Å². The molecule has 24 heavy (non-hydrogen) atoms. The number of amides is 1. The van der Waals surface area contributed by atoms with Gasteiger partial charge >= 0.3 is 0 Å². The number of rotatable bonds is 2. The van der Waals surface area contributed by atoms with Crippen molar-refractivity contribution in [2.24, 2.45) is 23.5 Å². The number of hydrogen-bond donors (Lipinski definition) is 1. The molecule has 4 rings (SSSR count). The number of anilines is 1. The average Bonchev–Trinajstić information content (AvgIpc) is 2.62. The van der Waals surface area contributed by atoms with E-state index in [2.05, 4.69) is 14.8 Å². The summed E-state index contributed by atoms with van der Waals surface area (Å²) < 4.78 is 0. The molecule has 1 aromatic rings. The van der Waals surface area contributed by atoms with Gasteiger partial charge in [0, 0.05) is 44.3 Å². The topological polar surface area (TPSA) is 62.5 Å². The highest BCUT2D eigenvalue weighted by atomic mass is 16.2. The van der Waals surface area contributed by atoms with Gasteiger partial charge in [0.25, 0.3) is 0 Å². The fourth-order valence-corrected chi connectivity index (χ4v) is 4.95. The van der Waals surface area contributed by atoms with Crippen molar-refractivity contribution >= 4 is 11.7 Å². The highest BCUT2D eigenvalue weighted by Gasteiger charge is 2.41. The molecule has 3 aliphatic rings. The SMILES string of the molecule is NC1C2CCCC1CC(C(=O)N1CCN(c3ccccn3)CC1)C2. The number of nitrogens with zero attached hydrogens (tertiary/aromatic N) is 3. The van der Waals surface area contributed by atoms with Gasteiger partial charge in [0.05, 0.1) is 0 Å². The van der Waals surface area contributed by atoms with Crippen LogP contribution in [0.3, 0.4) is 0 Å². The second kappa shape index (κ2) is 6.71. The van der Waals surface area contributed by atoms with E-state index in [0.717, 1.165) is 44.8 Å². The summed E-state index contributed by atoms with van der Waals surface area (Å²) in [4.78, 5) is 21.8. The Morgan fingerprint density at radius 3 is 2.42 bits per heavy atom. The molecule has 3 fully saturated rings. The van der Waals surface area contributed by atoms with Gasteiger partial charge in [-0.05, 0) is 49.7 Å². The summed E-state index contributed by atoms with van der Waals surface area (Å²) in [6.45, 7) is 3.38. The highest BCUT2D eigenvalue weighted by molar-refractivity contribution is 5.79. The van der Waals surface area contributed by atoms with Crippen LogP contribution in [-0.4, -0.2) is 48.0 Å². The molecule has 1 amide bonds. The van der Waals surface area contributed by atoms with E-state index < -0.39 is 0 Å². The van der Waals surface area contributed by atoms with Crippen LogP contribution in [0.4, 0.5) is 5.82 Å². The fraction of sp³-hybridized carbons (Fsp3) is 0.684. The lowest BCUT2D eigenvalue weighted by Gasteiger charge is -2.45. The van der Waals surface area contributed by atoms with Gasteiger partial charge < -0.3 is 15.5 Å². The number of aromatic nitrogens is 1. The third-order valence-corrected chi connectivity index (χ3v) is 6.33. The van der Waals surface area contributed by atoms with Crippen molar-refractivity contribution in [1.29, 1.82) is 0 Å². The molecule has 2 unspecified atom stereocenters. The predicted molar refractivity (Wildman–Crippen MR) is 94.6 cm³/mol. The number of hydrogen-bond acceptors (Lipinski definition) is 4. The molecule has 0 aromatic carbocycles. The average molecular weight is 328 g/mol. The molecule has 0 spiro atoms. The van der Waals surface area contributed by atoms with Crippen LogP contribution >= 0.6 is 0 Å². The Balaban J connectivity index is 1.35. The smallest absolute Gasteiger partial charge is 0.225 e. The Kier molecular flexibility index (Phi) is 4.44. The summed E-state index contributed by atoms with van der Waals surface area (Å²) in [6, 6.07) is 6.34. The van der Waals surface area contributed by atoms with Gasteiger partial charge in [0.15, 0.2) is 0 Å². The van der Waals surface area contributed by atoms with Crippen molar-refractivity contribution in [3.8, 4) is 0 Å². The Morgan fingerprint density at radius 1 is 1.08 bits per heavy atom. The van der Waals surface area contributed by atoms with Crippen molar-refractivity contribution in [2.75, 3.05) is 31.1 Å². The minimum Gasteiger partial charge on any atom is -0.353 e. The van der Waals surface area contributed by atoms with E-state index in [1.807, 2.05) is 24.4 Å². The van der Waals surface area contributed by atoms with E-state index in [0.29, 0.717) is 23.8 Å².